The van der Waals surface area contributed by atoms with Crippen LogP contribution < -0.4 is 5.01 Å². The number of anilines is 1. The molecule has 3 aromatic rings. The third-order valence-corrected chi connectivity index (χ3v) is 5.24. The Labute approximate surface area is 167 Å². The number of hydrogen-bond acceptors (Lipinski definition) is 2. The fourth-order valence-corrected chi connectivity index (χ4v) is 3.72. The van der Waals surface area contributed by atoms with Crippen LogP contribution in [0.15, 0.2) is 77.9 Å². The third-order valence-electron chi connectivity index (χ3n) is 4.42. The zero-order valence-electron chi connectivity index (χ0n) is 13.7. The summed E-state index contributed by atoms with van der Waals surface area (Å²) >= 11 is 18.7. The number of hydrazone groups is 1. The molecule has 130 valence electrons. The van der Waals surface area contributed by atoms with Gasteiger partial charge in [-0.15, -0.1) is 0 Å². The van der Waals surface area contributed by atoms with E-state index in [1.54, 1.807) is 0 Å². The molecule has 0 amide bonds. The van der Waals surface area contributed by atoms with Crippen molar-refractivity contribution in [2.24, 2.45) is 5.10 Å². The van der Waals surface area contributed by atoms with Gasteiger partial charge in [-0.25, -0.2) is 0 Å². The minimum atomic E-state index is 0.0528. The molecule has 1 atom stereocenters. The van der Waals surface area contributed by atoms with Crippen molar-refractivity contribution in [1.29, 1.82) is 0 Å². The van der Waals surface area contributed by atoms with Gasteiger partial charge in [0.1, 0.15) is 0 Å². The van der Waals surface area contributed by atoms with Crippen LogP contribution >= 0.6 is 34.8 Å². The summed E-state index contributed by atoms with van der Waals surface area (Å²) < 4.78 is 0. The molecule has 0 saturated carbocycles. The van der Waals surface area contributed by atoms with Gasteiger partial charge in [0.15, 0.2) is 0 Å². The van der Waals surface area contributed by atoms with Gasteiger partial charge in [-0.3, -0.25) is 5.01 Å². The predicted molar refractivity (Wildman–Crippen MR) is 111 cm³/mol. The van der Waals surface area contributed by atoms with E-state index in [0.29, 0.717) is 15.1 Å². The van der Waals surface area contributed by atoms with Crippen LogP contribution in [0.3, 0.4) is 0 Å². The highest BCUT2D eigenvalue weighted by Gasteiger charge is 2.30. The lowest BCUT2D eigenvalue weighted by Gasteiger charge is -2.24. The second-order valence-electron chi connectivity index (χ2n) is 6.12. The Morgan fingerprint density at radius 3 is 2.31 bits per heavy atom. The van der Waals surface area contributed by atoms with Gasteiger partial charge in [0.25, 0.3) is 0 Å². The number of benzene rings is 3. The van der Waals surface area contributed by atoms with E-state index in [0.717, 1.165) is 28.9 Å². The predicted octanol–water partition coefficient (Wildman–Crippen LogP) is 7.00. The van der Waals surface area contributed by atoms with Gasteiger partial charge in [0, 0.05) is 27.1 Å². The molecule has 0 N–H and O–H groups in total. The molecular weight excluding hydrogens is 387 g/mol. The lowest BCUT2D eigenvalue weighted by Crippen LogP contribution is -2.18. The maximum absolute atomic E-state index is 6.40. The molecule has 0 aliphatic carbocycles. The molecular formula is C21H15Cl3N2. The first-order chi connectivity index (χ1) is 12.6. The van der Waals surface area contributed by atoms with E-state index in [4.69, 9.17) is 39.9 Å². The van der Waals surface area contributed by atoms with Crippen molar-refractivity contribution < 1.29 is 0 Å². The number of rotatable bonds is 3. The smallest absolute Gasteiger partial charge is 0.0831 e. The molecule has 4 rings (SSSR count). The molecule has 5 heteroatoms. The zero-order valence-corrected chi connectivity index (χ0v) is 16.0. The number of nitrogens with zero attached hydrogens (tertiary/aromatic N) is 2. The molecule has 26 heavy (non-hydrogen) atoms. The highest BCUT2D eigenvalue weighted by Crippen LogP contribution is 2.38. The van der Waals surface area contributed by atoms with Crippen LogP contribution in [0.1, 0.15) is 23.6 Å². The molecule has 0 aromatic heterocycles. The Balaban J connectivity index is 1.78. The highest BCUT2D eigenvalue weighted by molar-refractivity contribution is 6.34. The van der Waals surface area contributed by atoms with Crippen molar-refractivity contribution in [3.63, 3.8) is 0 Å². The standard InChI is InChI=1S/C21H15Cl3N2/c22-15-10-8-14(9-11-15)21-13-20(18-6-1-2-7-19(18)24)25-26(21)17-5-3-4-16(23)12-17/h1-12,21H,13H2/t21-/m1/s1. The summed E-state index contributed by atoms with van der Waals surface area (Å²) in [6.07, 6.45) is 0.748. The monoisotopic (exact) mass is 400 g/mol. The van der Waals surface area contributed by atoms with E-state index in [9.17, 15) is 0 Å². The van der Waals surface area contributed by atoms with Crippen molar-refractivity contribution >= 4 is 46.2 Å². The first-order valence-corrected chi connectivity index (χ1v) is 9.38. The van der Waals surface area contributed by atoms with Crippen molar-refractivity contribution in [3.8, 4) is 0 Å². The molecule has 1 aliphatic heterocycles. The summed E-state index contributed by atoms with van der Waals surface area (Å²) in [7, 11) is 0. The minimum absolute atomic E-state index is 0.0528. The van der Waals surface area contributed by atoms with Gasteiger partial charge in [0.05, 0.1) is 17.4 Å². The summed E-state index contributed by atoms with van der Waals surface area (Å²) in [5.41, 5.74) is 3.99. The molecule has 3 aromatic carbocycles. The van der Waals surface area contributed by atoms with Gasteiger partial charge in [-0.1, -0.05) is 71.2 Å². The van der Waals surface area contributed by atoms with Crippen LogP contribution in [0.4, 0.5) is 5.69 Å². The summed E-state index contributed by atoms with van der Waals surface area (Å²) in [4.78, 5) is 0. The summed E-state index contributed by atoms with van der Waals surface area (Å²) in [5.74, 6) is 0. The van der Waals surface area contributed by atoms with Gasteiger partial charge in [-0.2, -0.15) is 5.10 Å². The SMILES string of the molecule is Clc1ccc([C@H]2CC(c3ccccc3Cl)=NN2c2cccc(Cl)c2)cc1. The van der Waals surface area contributed by atoms with Crippen molar-refractivity contribution in [2.75, 3.05) is 5.01 Å². The van der Waals surface area contributed by atoms with Crippen LogP contribution in [-0.2, 0) is 0 Å². The van der Waals surface area contributed by atoms with E-state index in [-0.39, 0.29) is 6.04 Å². The van der Waals surface area contributed by atoms with Gasteiger partial charge in [-0.05, 0) is 42.0 Å². The molecule has 1 aliphatic rings. The second kappa shape index (κ2) is 7.32. The number of hydrogen-bond donors (Lipinski definition) is 0. The van der Waals surface area contributed by atoms with E-state index in [1.165, 1.54) is 0 Å². The molecule has 0 radical (unpaired) electrons. The molecule has 0 bridgehead atoms. The first-order valence-electron chi connectivity index (χ1n) is 8.24. The van der Waals surface area contributed by atoms with Gasteiger partial charge >= 0.3 is 0 Å². The van der Waals surface area contributed by atoms with Crippen LogP contribution in [0.25, 0.3) is 0 Å². The molecule has 0 saturated heterocycles. The Morgan fingerprint density at radius 2 is 1.58 bits per heavy atom. The fourth-order valence-electron chi connectivity index (χ4n) is 3.17. The third kappa shape index (κ3) is 3.45. The topological polar surface area (TPSA) is 15.6 Å². The molecule has 1 heterocycles. The van der Waals surface area contributed by atoms with Crippen molar-refractivity contribution in [1.82, 2.24) is 0 Å². The molecule has 2 nitrogen and oxygen atoms in total. The van der Waals surface area contributed by atoms with Crippen LogP contribution in [-0.4, -0.2) is 5.71 Å². The molecule has 0 fully saturated rings. The normalized spacial score (nSPS) is 16.7. The maximum atomic E-state index is 6.40. The molecule has 0 spiro atoms. The summed E-state index contributed by atoms with van der Waals surface area (Å²) in [6.45, 7) is 0. The zero-order chi connectivity index (χ0) is 18.1. The van der Waals surface area contributed by atoms with Crippen LogP contribution in [0.5, 0.6) is 0 Å². The van der Waals surface area contributed by atoms with Crippen LogP contribution in [0, 0.1) is 0 Å². The average Bonchev–Trinajstić information content (AvgIpc) is 3.08. The first kappa shape index (κ1) is 17.4. The Kier molecular flexibility index (Phi) is 4.90. The quantitative estimate of drug-likeness (QED) is 0.461. The average molecular weight is 402 g/mol. The van der Waals surface area contributed by atoms with E-state index in [1.807, 2.05) is 77.8 Å². The second-order valence-corrected chi connectivity index (χ2v) is 7.40. The van der Waals surface area contributed by atoms with Gasteiger partial charge < -0.3 is 0 Å². The lowest BCUT2D eigenvalue weighted by atomic mass is 9.98. The van der Waals surface area contributed by atoms with Crippen LogP contribution in [0.2, 0.25) is 15.1 Å². The van der Waals surface area contributed by atoms with Gasteiger partial charge in [0.2, 0.25) is 0 Å². The maximum Gasteiger partial charge on any atom is 0.0831 e. The fraction of sp³-hybridized carbons (Fsp3) is 0.0952. The minimum Gasteiger partial charge on any atom is -0.257 e. The van der Waals surface area contributed by atoms with E-state index in [2.05, 4.69) is 0 Å². The van der Waals surface area contributed by atoms with Crippen molar-refractivity contribution in [2.45, 2.75) is 12.5 Å². The molecule has 0 unspecified atom stereocenters. The summed E-state index contributed by atoms with van der Waals surface area (Å²) in [6, 6.07) is 23.4. The highest BCUT2D eigenvalue weighted by atomic mass is 35.5. The Morgan fingerprint density at radius 1 is 0.808 bits per heavy atom. The van der Waals surface area contributed by atoms with E-state index < -0.39 is 0 Å². The Bertz CT molecular complexity index is 967. The van der Waals surface area contributed by atoms with E-state index >= 15 is 0 Å². The largest absolute Gasteiger partial charge is 0.257 e. The lowest BCUT2D eigenvalue weighted by molar-refractivity contribution is 0.709. The van der Waals surface area contributed by atoms with Crippen molar-refractivity contribution in [3.05, 3.63) is 99.0 Å². The Hall–Kier alpha value is -2.00. The summed E-state index contributed by atoms with van der Waals surface area (Å²) in [5, 5.41) is 8.99. The number of halogens is 3.